The highest BCUT2D eigenvalue weighted by Crippen LogP contribution is 2.13. The molecule has 6 nitrogen and oxygen atoms in total. The van der Waals surface area contributed by atoms with Crippen molar-refractivity contribution in [1.82, 2.24) is 0 Å². The van der Waals surface area contributed by atoms with E-state index < -0.39 is 11.9 Å². The Morgan fingerprint density at radius 2 is 0.949 bits per heavy atom. The lowest BCUT2D eigenvalue weighted by molar-refractivity contribution is -0.939. The molecular weight excluding hydrogens is 488 g/mol. The highest BCUT2D eigenvalue weighted by molar-refractivity contribution is 5.67. The minimum atomic E-state index is -1.00. The number of carbonyl (C=O) groups excluding carboxylic acids is 1. The highest BCUT2D eigenvalue weighted by Gasteiger charge is 2.25. The number of unbranched alkanes of at least 4 members (excludes halogenated alkanes) is 16. The third-order valence-corrected chi connectivity index (χ3v) is 7.71. The summed E-state index contributed by atoms with van der Waals surface area (Å²) in [5, 5.41) is 19.3. The first-order chi connectivity index (χ1) is 18.4. The van der Waals surface area contributed by atoms with Gasteiger partial charge in [0.15, 0.2) is 6.54 Å². The van der Waals surface area contributed by atoms with Crippen LogP contribution in [0.4, 0.5) is 0 Å². The smallest absolute Gasteiger partial charge is 0.359 e. The number of carboxylic acid groups (broad SMARTS) is 2. The molecule has 39 heavy (non-hydrogen) atoms. The topological polar surface area (TPSA) is 81.9 Å². The molecule has 0 saturated heterocycles. The molecule has 0 rings (SSSR count). The van der Waals surface area contributed by atoms with Crippen LogP contribution in [0.25, 0.3) is 0 Å². The average molecular weight is 558 g/mol. The summed E-state index contributed by atoms with van der Waals surface area (Å²) in [5.74, 6) is -1.65. The molecule has 0 radical (unpaired) electrons. The number of hydrogen-bond acceptors (Lipinski definition) is 3. The van der Waals surface area contributed by atoms with E-state index in [1.54, 1.807) is 21.1 Å². The van der Waals surface area contributed by atoms with E-state index in [1.807, 2.05) is 0 Å². The van der Waals surface area contributed by atoms with Crippen molar-refractivity contribution in [3.05, 3.63) is 0 Å². The zero-order chi connectivity index (χ0) is 29.9. The zero-order valence-electron chi connectivity index (χ0n) is 27.3. The molecule has 2 atom stereocenters. The largest absolute Gasteiger partial charge is 0.544 e. The van der Waals surface area contributed by atoms with Gasteiger partial charge in [0.1, 0.15) is 6.54 Å². The highest BCUT2D eigenvalue weighted by atomic mass is 16.4. The van der Waals surface area contributed by atoms with Gasteiger partial charge in [-0.05, 0) is 39.5 Å². The van der Waals surface area contributed by atoms with Crippen LogP contribution in [0.3, 0.4) is 0 Å². The summed E-state index contributed by atoms with van der Waals surface area (Å²) < 4.78 is 0.419. The maximum Gasteiger partial charge on any atom is 0.359 e. The molecule has 2 N–H and O–H groups in total. The van der Waals surface area contributed by atoms with Gasteiger partial charge in [0, 0.05) is 0 Å². The molecule has 0 aliphatic rings. The predicted octanol–water partition coefficient (Wildman–Crippen LogP) is 6.02. The molecule has 0 aromatic rings. The van der Waals surface area contributed by atoms with Crippen LogP contribution in [0.15, 0.2) is 0 Å². The number of nitrogens with one attached hydrogen (secondary N) is 1. The maximum absolute atomic E-state index is 11.4. The Hall–Kier alpha value is -1.14. The second-order valence-corrected chi connectivity index (χ2v) is 13.0. The molecule has 0 amide bonds. The van der Waals surface area contributed by atoms with Crippen molar-refractivity contribution < 1.29 is 29.2 Å². The molecule has 0 aromatic heterocycles. The lowest BCUT2D eigenvalue weighted by Gasteiger charge is -2.30. The molecule has 0 aromatic carbocycles. The summed E-state index contributed by atoms with van der Waals surface area (Å²) in [6, 6.07) is 0.906. The van der Waals surface area contributed by atoms with Gasteiger partial charge in [0.25, 0.3) is 0 Å². The molecule has 0 heterocycles. The minimum absolute atomic E-state index is 0.0694. The SMILES string of the molecule is CCCCCCCCCCCC(C)[NH+](CC(=O)O)C(C)CCCCCCCCCCC.C[N+](C)(C)CC(=O)[O-]. The van der Waals surface area contributed by atoms with Crippen molar-refractivity contribution in [2.45, 2.75) is 168 Å². The van der Waals surface area contributed by atoms with Gasteiger partial charge in [0.05, 0.1) is 39.2 Å². The monoisotopic (exact) mass is 558 g/mol. The van der Waals surface area contributed by atoms with Crippen molar-refractivity contribution in [2.75, 3.05) is 34.2 Å². The normalized spacial score (nSPS) is 13.8. The van der Waals surface area contributed by atoms with Crippen LogP contribution in [0.1, 0.15) is 156 Å². The van der Waals surface area contributed by atoms with Crippen molar-refractivity contribution in [2.24, 2.45) is 0 Å². The molecule has 234 valence electrons. The van der Waals surface area contributed by atoms with Crippen LogP contribution in [0.2, 0.25) is 0 Å². The summed E-state index contributed by atoms with van der Waals surface area (Å²) in [7, 11) is 5.40. The number of likely N-dealkylation sites (N-methyl/N-ethyl adjacent to an activating group) is 1. The number of hydrogen-bond donors (Lipinski definition) is 2. The molecular formula is C33H69N2O4+. The lowest BCUT2D eigenvalue weighted by atomic mass is 10.0. The zero-order valence-corrected chi connectivity index (χ0v) is 27.3. The summed E-state index contributed by atoms with van der Waals surface area (Å²) >= 11 is 0. The number of carbonyl (C=O) groups is 2. The van der Waals surface area contributed by atoms with Crippen LogP contribution in [-0.4, -0.2) is 67.8 Å². The summed E-state index contributed by atoms with van der Waals surface area (Å²) in [6.07, 6.45) is 26.7. The van der Waals surface area contributed by atoms with E-state index in [1.165, 1.54) is 133 Å². The van der Waals surface area contributed by atoms with Crippen LogP contribution < -0.4 is 10.0 Å². The van der Waals surface area contributed by atoms with Gasteiger partial charge in [-0.15, -0.1) is 0 Å². The van der Waals surface area contributed by atoms with E-state index in [2.05, 4.69) is 27.7 Å². The van der Waals surface area contributed by atoms with Gasteiger partial charge in [-0.1, -0.05) is 117 Å². The Morgan fingerprint density at radius 1 is 0.641 bits per heavy atom. The van der Waals surface area contributed by atoms with Gasteiger partial charge >= 0.3 is 5.97 Å². The van der Waals surface area contributed by atoms with Crippen LogP contribution in [0, 0.1) is 0 Å². The second kappa shape index (κ2) is 27.1. The van der Waals surface area contributed by atoms with Crippen molar-refractivity contribution >= 4 is 11.9 Å². The fraction of sp³-hybridized carbons (Fsp3) is 0.939. The van der Waals surface area contributed by atoms with Gasteiger partial charge in [-0.2, -0.15) is 0 Å². The quantitative estimate of drug-likeness (QED) is 0.101. The molecule has 2 unspecified atom stereocenters. The maximum atomic E-state index is 11.4. The van der Waals surface area contributed by atoms with Crippen molar-refractivity contribution in [1.29, 1.82) is 0 Å². The number of aliphatic carboxylic acids is 2. The van der Waals surface area contributed by atoms with E-state index in [9.17, 15) is 19.8 Å². The van der Waals surface area contributed by atoms with Crippen molar-refractivity contribution in [3.63, 3.8) is 0 Å². The molecule has 0 saturated carbocycles. The van der Waals surface area contributed by atoms with E-state index in [0.717, 1.165) is 0 Å². The van der Waals surface area contributed by atoms with E-state index >= 15 is 0 Å². The summed E-state index contributed by atoms with van der Waals surface area (Å²) in [5.41, 5.74) is 0. The molecule has 0 bridgehead atoms. The third kappa shape index (κ3) is 31.2. The Kier molecular flexibility index (Phi) is 27.7. The number of quaternary nitrogens is 2. The van der Waals surface area contributed by atoms with Crippen LogP contribution >= 0.6 is 0 Å². The van der Waals surface area contributed by atoms with Gasteiger partial charge in [-0.3, -0.25) is 0 Å². The molecule has 0 aliphatic carbocycles. The Morgan fingerprint density at radius 3 is 1.18 bits per heavy atom. The number of rotatable bonds is 26. The van der Waals surface area contributed by atoms with Crippen LogP contribution in [0.5, 0.6) is 0 Å². The Bertz CT molecular complexity index is 534. The first-order valence-electron chi connectivity index (χ1n) is 16.5. The fourth-order valence-electron chi connectivity index (χ4n) is 5.29. The molecule has 0 fully saturated rings. The average Bonchev–Trinajstić information content (AvgIpc) is 2.83. The summed E-state index contributed by atoms with van der Waals surface area (Å²) in [4.78, 5) is 22.6. The molecule has 6 heteroatoms. The first kappa shape index (κ1) is 40.0. The molecule has 0 aliphatic heterocycles. The number of carboxylic acids is 2. The van der Waals surface area contributed by atoms with E-state index in [-0.39, 0.29) is 13.1 Å². The van der Waals surface area contributed by atoms with E-state index in [4.69, 9.17) is 0 Å². The minimum Gasteiger partial charge on any atom is -0.544 e. The Balaban J connectivity index is 0. The second-order valence-electron chi connectivity index (χ2n) is 13.0. The predicted molar refractivity (Wildman–Crippen MR) is 164 cm³/mol. The van der Waals surface area contributed by atoms with Crippen molar-refractivity contribution in [3.8, 4) is 0 Å². The Labute approximate surface area is 243 Å². The van der Waals surface area contributed by atoms with Gasteiger partial charge in [-0.25, -0.2) is 4.79 Å². The van der Waals surface area contributed by atoms with Gasteiger partial charge < -0.3 is 24.4 Å². The summed E-state index contributed by atoms with van der Waals surface area (Å²) in [6.45, 7) is 9.44. The van der Waals surface area contributed by atoms with Gasteiger partial charge in [0.2, 0.25) is 0 Å². The lowest BCUT2D eigenvalue weighted by Crippen LogP contribution is -3.19. The third-order valence-electron chi connectivity index (χ3n) is 7.71. The number of nitrogens with zero attached hydrogens (tertiary/aromatic N) is 1. The fourth-order valence-corrected chi connectivity index (χ4v) is 5.29. The standard InChI is InChI=1S/C28H57NO2.C5H11NO2/c1-5-7-9-11-13-15-17-19-21-23-26(3)29(25-28(30)31)27(4)24-22-20-18-16-14-12-10-8-6-2;1-6(2,3)4-5(7)8/h26-27H,5-25H2,1-4H3,(H,30,31);4H2,1-3H3/p+1. The first-order valence-corrected chi connectivity index (χ1v) is 16.5. The molecule has 0 spiro atoms. The van der Waals surface area contributed by atoms with Crippen LogP contribution in [-0.2, 0) is 9.59 Å². The van der Waals surface area contributed by atoms with E-state index in [0.29, 0.717) is 16.6 Å².